The summed E-state index contributed by atoms with van der Waals surface area (Å²) in [6.45, 7) is 5.41. The molecule has 0 amide bonds. The van der Waals surface area contributed by atoms with E-state index in [1.54, 1.807) is 11.3 Å². The maximum atomic E-state index is 4.18. The van der Waals surface area contributed by atoms with Crippen molar-refractivity contribution in [2.24, 2.45) is 0 Å². The fourth-order valence-electron chi connectivity index (χ4n) is 2.20. The molecule has 17 heavy (non-hydrogen) atoms. The molecule has 0 spiro atoms. The van der Waals surface area contributed by atoms with Gasteiger partial charge < -0.3 is 5.32 Å². The first-order chi connectivity index (χ1) is 8.43. The van der Waals surface area contributed by atoms with Crippen LogP contribution in [0.1, 0.15) is 5.56 Å². The molecular weight excluding hydrogens is 232 g/mol. The fourth-order valence-corrected chi connectivity index (χ4v) is 2.84. The SMILES string of the molecule is c1cc(-c2[nH]ncc2CN2CCNCC2)cs1. The largest absolute Gasteiger partial charge is 0.314 e. The van der Waals surface area contributed by atoms with Gasteiger partial charge >= 0.3 is 0 Å². The molecule has 3 heterocycles. The normalized spacial score (nSPS) is 17.4. The Kier molecular flexibility index (Phi) is 3.22. The minimum atomic E-state index is 0.989. The van der Waals surface area contributed by atoms with Crippen molar-refractivity contribution in [2.45, 2.75) is 6.54 Å². The number of thiophene rings is 1. The van der Waals surface area contributed by atoms with Gasteiger partial charge in [0.2, 0.25) is 0 Å². The molecule has 1 saturated heterocycles. The zero-order valence-electron chi connectivity index (χ0n) is 9.65. The Balaban J connectivity index is 1.77. The number of nitrogens with one attached hydrogen (secondary N) is 2. The van der Waals surface area contributed by atoms with Crippen molar-refractivity contribution >= 4 is 11.3 Å². The number of H-pyrrole nitrogens is 1. The molecule has 1 fully saturated rings. The number of piperazine rings is 1. The average molecular weight is 248 g/mol. The molecule has 1 aliphatic heterocycles. The molecule has 5 heteroatoms. The minimum absolute atomic E-state index is 0.989. The van der Waals surface area contributed by atoms with Crippen LogP contribution in [-0.2, 0) is 6.54 Å². The molecule has 0 bridgehead atoms. The third-order valence-electron chi connectivity index (χ3n) is 3.13. The van der Waals surface area contributed by atoms with Crippen LogP contribution in [-0.4, -0.2) is 41.3 Å². The lowest BCUT2D eigenvalue weighted by molar-refractivity contribution is 0.233. The van der Waals surface area contributed by atoms with Crippen LogP contribution in [0.4, 0.5) is 0 Å². The number of rotatable bonds is 3. The van der Waals surface area contributed by atoms with Crippen LogP contribution >= 0.6 is 11.3 Å². The predicted molar refractivity (Wildman–Crippen MR) is 70.0 cm³/mol. The third-order valence-corrected chi connectivity index (χ3v) is 3.81. The Morgan fingerprint density at radius 2 is 2.24 bits per heavy atom. The van der Waals surface area contributed by atoms with Gasteiger partial charge in [0.05, 0.1) is 11.9 Å². The smallest absolute Gasteiger partial charge is 0.0703 e. The number of hydrogen-bond acceptors (Lipinski definition) is 4. The van der Waals surface area contributed by atoms with E-state index in [4.69, 9.17) is 0 Å². The second-order valence-corrected chi connectivity index (χ2v) is 5.09. The van der Waals surface area contributed by atoms with Gasteiger partial charge in [-0.3, -0.25) is 10.00 Å². The molecule has 3 rings (SSSR count). The van der Waals surface area contributed by atoms with E-state index >= 15 is 0 Å². The molecule has 2 aromatic rings. The van der Waals surface area contributed by atoms with Gasteiger partial charge in [-0.2, -0.15) is 16.4 Å². The number of hydrogen-bond donors (Lipinski definition) is 2. The Hall–Kier alpha value is -1.17. The highest BCUT2D eigenvalue weighted by Gasteiger charge is 2.14. The summed E-state index contributed by atoms with van der Waals surface area (Å²) in [5.74, 6) is 0. The molecule has 0 aliphatic carbocycles. The van der Waals surface area contributed by atoms with Crippen molar-refractivity contribution in [3.05, 3.63) is 28.6 Å². The van der Waals surface area contributed by atoms with Gasteiger partial charge in [0, 0.05) is 49.2 Å². The first-order valence-corrected chi connectivity index (χ1v) is 6.85. The molecule has 4 nitrogen and oxygen atoms in total. The van der Waals surface area contributed by atoms with E-state index in [-0.39, 0.29) is 0 Å². The van der Waals surface area contributed by atoms with Gasteiger partial charge in [-0.25, -0.2) is 0 Å². The number of aromatic nitrogens is 2. The van der Waals surface area contributed by atoms with Gasteiger partial charge in [-0.1, -0.05) is 0 Å². The Morgan fingerprint density at radius 3 is 3.00 bits per heavy atom. The average Bonchev–Trinajstić information content (AvgIpc) is 3.00. The standard InChI is InChI=1S/C12H16N4S/c1-6-17-9-10(1)12-11(7-14-15-12)8-16-4-2-13-3-5-16/h1,6-7,9,13H,2-5,8H2,(H,14,15). The molecular formula is C12H16N4S. The Labute approximate surface area is 105 Å². The van der Waals surface area contributed by atoms with Crippen LogP contribution in [0, 0.1) is 0 Å². The molecule has 0 aromatic carbocycles. The van der Waals surface area contributed by atoms with Crippen LogP contribution in [0.3, 0.4) is 0 Å². The van der Waals surface area contributed by atoms with E-state index in [0.717, 1.165) is 32.7 Å². The zero-order valence-corrected chi connectivity index (χ0v) is 10.5. The molecule has 2 N–H and O–H groups in total. The van der Waals surface area contributed by atoms with Crippen molar-refractivity contribution in [3.63, 3.8) is 0 Å². The lowest BCUT2D eigenvalue weighted by atomic mass is 10.1. The van der Waals surface area contributed by atoms with Crippen LogP contribution in [0.2, 0.25) is 0 Å². The number of nitrogens with zero attached hydrogens (tertiary/aromatic N) is 2. The maximum absolute atomic E-state index is 4.18. The summed E-state index contributed by atoms with van der Waals surface area (Å²) in [5.41, 5.74) is 3.72. The lowest BCUT2D eigenvalue weighted by Gasteiger charge is -2.26. The summed E-state index contributed by atoms with van der Waals surface area (Å²) >= 11 is 1.72. The molecule has 0 saturated carbocycles. The van der Waals surface area contributed by atoms with Crippen molar-refractivity contribution in [1.29, 1.82) is 0 Å². The monoisotopic (exact) mass is 248 g/mol. The van der Waals surface area contributed by atoms with E-state index in [1.807, 2.05) is 6.20 Å². The highest BCUT2D eigenvalue weighted by molar-refractivity contribution is 7.08. The van der Waals surface area contributed by atoms with E-state index in [2.05, 4.69) is 37.2 Å². The van der Waals surface area contributed by atoms with Crippen molar-refractivity contribution in [1.82, 2.24) is 20.4 Å². The minimum Gasteiger partial charge on any atom is -0.314 e. The highest BCUT2D eigenvalue weighted by atomic mass is 32.1. The topological polar surface area (TPSA) is 44.0 Å². The summed E-state index contributed by atoms with van der Waals surface area (Å²) in [7, 11) is 0. The summed E-state index contributed by atoms with van der Waals surface area (Å²) in [4.78, 5) is 2.47. The predicted octanol–water partition coefficient (Wildman–Crippen LogP) is 1.54. The van der Waals surface area contributed by atoms with Gasteiger partial charge in [0.25, 0.3) is 0 Å². The summed E-state index contributed by atoms with van der Waals surface area (Å²) in [6, 6.07) is 2.14. The van der Waals surface area contributed by atoms with Gasteiger partial charge in [0.1, 0.15) is 0 Å². The van der Waals surface area contributed by atoms with Crippen molar-refractivity contribution in [3.8, 4) is 11.3 Å². The second kappa shape index (κ2) is 5.00. The molecule has 90 valence electrons. The van der Waals surface area contributed by atoms with E-state index < -0.39 is 0 Å². The fraction of sp³-hybridized carbons (Fsp3) is 0.417. The molecule has 0 atom stereocenters. The zero-order chi connectivity index (χ0) is 11.5. The molecule has 0 radical (unpaired) electrons. The highest BCUT2D eigenvalue weighted by Crippen LogP contribution is 2.24. The van der Waals surface area contributed by atoms with Crippen molar-refractivity contribution in [2.75, 3.05) is 26.2 Å². The van der Waals surface area contributed by atoms with Gasteiger partial charge in [0.15, 0.2) is 0 Å². The molecule has 0 unspecified atom stereocenters. The van der Waals surface area contributed by atoms with Gasteiger partial charge in [-0.05, 0) is 11.4 Å². The molecule has 2 aromatic heterocycles. The number of aromatic amines is 1. The summed E-state index contributed by atoms with van der Waals surface area (Å²) < 4.78 is 0. The maximum Gasteiger partial charge on any atom is 0.0703 e. The summed E-state index contributed by atoms with van der Waals surface area (Å²) in [5, 5.41) is 14.9. The first kappa shape index (κ1) is 11.0. The second-order valence-electron chi connectivity index (χ2n) is 4.31. The van der Waals surface area contributed by atoms with E-state index in [9.17, 15) is 0 Å². The first-order valence-electron chi connectivity index (χ1n) is 5.91. The Morgan fingerprint density at radius 1 is 1.35 bits per heavy atom. The van der Waals surface area contributed by atoms with Crippen LogP contribution in [0.25, 0.3) is 11.3 Å². The lowest BCUT2D eigenvalue weighted by Crippen LogP contribution is -2.42. The van der Waals surface area contributed by atoms with Crippen molar-refractivity contribution < 1.29 is 0 Å². The Bertz CT molecular complexity index is 457. The third kappa shape index (κ3) is 2.41. The summed E-state index contributed by atoms with van der Waals surface area (Å²) in [6.07, 6.45) is 1.95. The van der Waals surface area contributed by atoms with E-state index in [1.165, 1.54) is 16.8 Å². The van der Waals surface area contributed by atoms with Crippen LogP contribution in [0.5, 0.6) is 0 Å². The van der Waals surface area contributed by atoms with E-state index in [0.29, 0.717) is 0 Å². The van der Waals surface area contributed by atoms with Gasteiger partial charge in [-0.15, -0.1) is 0 Å². The quantitative estimate of drug-likeness (QED) is 0.866. The van der Waals surface area contributed by atoms with Crippen LogP contribution < -0.4 is 5.32 Å². The van der Waals surface area contributed by atoms with Crippen LogP contribution in [0.15, 0.2) is 23.0 Å². The molecule has 1 aliphatic rings.